The first-order chi connectivity index (χ1) is 7.90. The van der Waals surface area contributed by atoms with Crippen LogP contribution in [0.15, 0.2) is 0 Å². The van der Waals surface area contributed by atoms with E-state index in [2.05, 4.69) is 17.1 Å². The highest BCUT2D eigenvalue weighted by molar-refractivity contribution is 4.81. The molecular formula is C14H28N2. The number of likely N-dealkylation sites (tertiary alicyclic amines) is 1. The van der Waals surface area contributed by atoms with Crippen LogP contribution in [0.2, 0.25) is 0 Å². The van der Waals surface area contributed by atoms with E-state index in [1.54, 1.807) is 0 Å². The summed E-state index contributed by atoms with van der Waals surface area (Å²) in [6, 6.07) is 1.65. The molecule has 0 radical (unpaired) electrons. The van der Waals surface area contributed by atoms with Crippen molar-refractivity contribution in [1.82, 2.24) is 10.2 Å². The van der Waals surface area contributed by atoms with Crippen molar-refractivity contribution in [2.75, 3.05) is 19.6 Å². The van der Waals surface area contributed by atoms with Gasteiger partial charge in [0.1, 0.15) is 0 Å². The van der Waals surface area contributed by atoms with Crippen LogP contribution < -0.4 is 5.32 Å². The molecule has 2 aliphatic rings. The second kappa shape index (κ2) is 6.61. The van der Waals surface area contributed by atoms with Gasteiger partial charge in [-0.15, -0.1) is 0 Å². The lowest BCUT2D eigenvalue weighted by atomic mass is 9.98. The quantitative estimate of drug-likeness (QED) is 0.793. The molecular weight excluding hydrogens is 196 g/mol. The second-order valence-electron chi connectivity index (χ2n) is 5.55. The predicted octanol–water partition coefficient (Wildman–Crippen LogP) is 2.78. The maximum Gasteiger partial charge on any atom is 0.0195 e. The molecule has 0 spiro atoms. The van der Waals surface area contributed by atoms with Crippen molar-refractivity contribution in [1.29, 1.82) is 0 Å². The molecule has 0 saturated carbocycles. The fourth-order valence-corrected chi connectivity index (χ4v) is 3.30. The summed E-state index contributed by atoms with van der Waals surface area (Å²) in [4.78, 5) is 2.76. The third-order valence-corrected chi connectivity index (χ3v) is 4.34. The molecule has 2 rings (SSSR count). The Morgan fingerprint density at radius 3 is 2.81 bits per heavy atom. The van der Waals surface area contributed by atoms with E-state index in [1.165, 1.54) is 71.0 Å². The van der Waals surface area contributed by atoms with Gasteiger partial charge in [-0.25, -0.2) is 0 Å². The largest absolute Gasteiger partial charge is 0.313 e. The molecule has 2 fully saturated rings. The van der Waals surface area contributed by atoms with Crippen molar-refractivity contribution in [3.63, 3.8) is 0 Å². The highest BCUT2D eigenvalue weighted by Gasteiger charge is 2.23. The Morgan fingerprint density at radius 1 is 1.06 bits per heavy atom. The van der Waals surface area contributed by atoms with E-state index in [4.69, 9.17) is 0 Å². The molecule has 0 amide bonds. The maximum atomic E-state index is 3.73. The van der Waals surface area contributed by atoms with Crippen LogP contribution in [0.5, 0.6) is 0 Å². The molecule has 0 aromatic rings. The number of hydrogen-bond donors (Lipinski definition) is 1. The van der Waals surface area contributed by atoms with Crippen LogP contribution in [-0.4, -0.2) is 36.6 Å². The monoisotopic (exact) mass is 224 g/mol. The minimum absolute atomic E-state index is 0.773. The highest BCUT2D eigenvalue weighted by atomic mass is 15.2. The molecule has 0 aromatic carbocycles. The standard InChI is InChI=1S/C14H28N2/c1-2-14-9-5-7-11-16(14)12-13-8-4-3-6-10-15-13/h13-15H,2-12H2,1H3. The lowest BCUT2D eigenvalue weighted by Gasteiger charge is -2.37. The first kappa shape index (κ1) is 12.4. The molecule has 2 saturated heterocycles. The Kier molecular flexibility index (Phi) is 5.11. The summed E-state index contributed by atoms with van der Waals surface area (Å²) < 4.78 is 0. The minimum Gasteiger partial charge on any atom is -0.313 e. The van der Waals surface area contributed by atoms with Crippen molar-refractivity contribution in [3.05, 3.63) is 0 Å². The van der Waals surface area contributed by atoms with Gasteiger partial charge in [0.25, 0.3) is 0 Å². The van der Waals surface area contributed by atoms with Crippen molar-refractivity contribution >= 4 is 0 Å². The van der Waals surface area contributed by atoms with Gasteiger partial charge in [-0.2, -0.15) is 0 Å². The second-order valence-corrected chi connectivity index (χ2v) is 5.55. The van der Waals surface area contributed by atoms with Gasteiger partial charge in [0.15, 0.2) is 0 Å². The molecule has 2 aliphatic heterocycles. The molecule has 16 heavy (non-hydrogen) atoms. The van der Waals surface area contributed by atoms with Gasteiger partial charge in [0, 0.05) is 18.6 Å². The van der Waals surface area contributed by atoms with Crippen molar-refractivity contribution in [2.24, 2.45) is 0 Å². The number of rotatable bonds is 3. The van der Waals surface area contributed by atoms with Gasteiger partial charge < -0.3 is 5.32 Å². The third-order valence-electron chi connectivity index (χ3n) is 4.34. The van der Waals surface area contributed by atoms with Crippen LogP contribution in [0.4, 0.5) is 0 Å². The number of nitrogens with one attached hydrogen (secondary N) is 1. The normalized spacial score (nSPS) is 33.6. The van der Waals surface area contributed by atoms with E-state index in [1.807, 2.05) is 0 Å². The molecule has 2 atom stereocenters. The number of hydrogen-bond acceptors (Lipinski definition) is 2. The highest BCUT2D eigenvalue weighted by Crippen LogP contribution is 2.20. The fourth-order valence-electron chi connectivity index (χ4n) is 3.30. The number of nitrogens with zero attached hydrogens (tertiary/aromatic N) is 1. The summed E-state index contributed by atoms with van der Waals surface area (Å²) >= 11 is 0. The fraction of sp³-hybridized carbons (Fsp3) is 1.00. The van der Waals surface area contributed by atoms with Crippen molar-refractivity contribution in [2.45, 2.75) is 70.4 Å². The molecule has 0 aromatic heterocycles. The summed E-state index contributed by atoms with van der Waals surface area (Å²) in [5.41, 5.74) is 0. The van der Waals surface area contributed by atoms with Crippen molar-refractivity contribution in [3.8, 4) is 0 Å². The van der Waals surface area contributed by atoms with Crippen LogP contribution in [0.25, 0.3) is 0 Å². The van der Waals surface area contributed by atoms with Gasteiger partial charge in [0.2, 0.25) is 0 Å². The van der Waals surface area contributed by atoms with Crippen molar-refractivity contribution < 1.29 is 0 Å². The Bertz CT molecular complexity index is 185. The van der Waals surface area contributed by atoms with Crippen LogP contribution in [0.3, 0.4) is 0 Å². The lowest BCUT2D eigenvalue weighted by Crippen LogP contribution is -2.47. The first-order valence-corrected chi connectivity index (χ1v) is 7.37. The minimum atomic E-state index is 0.773. The summed E-state index contributed by atoms with van der Waals surface area (Å²) in [5.74, 6) is 0. The van der Waals surface area contributed by atoms with E-state index in [0.717, 1.165) is 12.1 Å². The van der Waals surface area contributed by atoms with Gasteiger partial charge in [-0.05, 0) is 45.2 Å². The molecule has 94 valence electrons. The summed E-state index contributed by atoms with van der Waals surface area (Å²) in [5, 5.41) is 3.73. The van der Waals surface area contributed by atoms with E-state index in [9.17, 15) is 0 Å². The van der Waals surface area contributed by atoms with Crippen LogP contribution >= 0.6 is 0 Å². The van der Waals surface area contributed by atoms with Crippen LogP contribution in [0.1, 0.15) is 58.3 Å². The lowest BCUT2D eigenvalue weighted by molar-refractivity contribution is 0.128. The number of piperidine rings is 1. The van der Waals surface area contributed by atoms with Crippen LogP contribution in [-0.2, 0) is 0 Å². The van der Waals surface area contributed by atoms with Gasteiger partial charge in [0.05, 0.1) is 0 Å². The summed E-state index contributed by atoms with van der Waals surface area (Å²) in [6.07, 6.45) is 11.3. The molecule has 2 unspecified atom stereocenters. The molecule has 2 nitrogen and oxygen atoms in total. The van der Waals surface area contributed by atoms with E-state index in [0.29, 0.717) is 0 Å². The Morgan fingerprint density at radius 2 is 1.94 bits per heavy atom. The topological polar surface area (TPSA) is 15.3 Å². The Balaban J connectivity index is 1.81. The average Bonchev–Trinajstić information content (AvgIpc) is 2.58. The smallest absolute Gasteiger partial charge is 0.0195 e. The summed E-state index contributed by atoms with van der Waals surface area (Å²) in [6.45, 7) is 6.24. The zero-order chi connectivity index (χ0) is 11.2. The Labute approximate surface area is 101 Å². The molecule has 2 heterocycles. The maximum absolute atomic E-state index is 3.73. The van der Waals surface area contributed by atoms with Crippen LogP contribution in [0, 0.1) is 0 Å². The first-order valence-electron chi connectivity index (χ1n) is 7.37. The zero-order valence-electron chi connectivity index (χ0n) is 10.9. The van der Waals surface area contributed by atoms with E-state index in [-0.39, 0.29) is 0 Å². The summed E-state index contributed by atoms with van der Waals surface area (Å²) in [7, 11) is 0. The zero-order valence-corrected chi connectivity index (χ0v) is 10.9. The molecule has 0 aliphatic carbocycles. The average molecular weight is 224 g/mol. The molecule has 0 bridgehead atoms. The molecule has 1 N–H and O–H groups in total. The van der Waals surface area contributed by atoms with Gasteiger partial charge in [-0.3, -0.25) is 4.90 Å². The van der Waals surface area contributed by atoms with Gasteiger partial charge >= 0.3 is 0 Å². The SMILES string of the molecule is CCC1CCCCN1CC1CCCCCN1. The predicted molar refractivity (Wildman–Crippen MR) is 69.8 cm³/mol. The van der Waals surface area contributed by atoms with E-state index >= 15 is 0 Å². The molecule has 2 heteroatoms. The van der Waals surface area contributed by atoms with E-state index < -0.39 is 0 Å². The Hall–Kier alpha value is -0.0800. The third kappa shape index (κ3) is 3.46. The van der Waals surface area contributed by atoms with Gasteiger partial charge in [-0.1, -0.05) is 26.2 Å².